The molecule has 0 aliphatic rings. The van der Waals surface area contributed by atoms with Crippen molar-refractivity contribution in [3.63, 3.8) is 0 Å². The molecule has 9 heteroatoms. The fourth-order valence-corrected chi connectivity index (χ4v) is 2.82. The number of methoxy groups -OCH3 is 1. The van der Waals surface area contributed by atoms with Crippen LogP contribution in [0.15, 0.2) is 72.9 Å². The van der Waals surface area contributed by atoms with Crippen LogP contribution in [0.5, 0.6) is 11.6 Å². The third kappa shape index (κ3) is 5.84. The summed E-state index contributed by atoms with van der Waals surface area (Å²) >= 11 is 0. The largest absolute Gasteiger partial charge is 0.489 e. The van der Waals surface area contributed by atoms with Gasteiger partial charge in [-0.25, -0.2) is 4.98 Å². The topological polar surface area (TPSA) is 77.5 Å². The van der Waals surface area contributed by atoms with Gasteiger partial charge in [0.15, 0.2) is 5.78 Å². The van der Waals surface area contributed by atoms with Crippen LogP contribution < -0.4 is 14.8 Å². The fourth-order valence-electron chi connectivity index (χ4n) is 2.82. The Balaban J connectivity index is 1.79. The zero-order valence-corrected chi connectivity index (χ0v) is 16.9. The van der Waals surface area contributed by atoms with E-state index in [0.717, 1.165) is 5.56 Å². The Hall–Kier alpha value is -3.88. The molecule has 32 heavy (non-hydrogen) atoms. The lowest BCUT2D eigenvalue weighted by Crippen LogP contribution is -2.42. The fraction of sp³-hybridized carbons (Fsp3) is 0.174. The van der Waals surface area contributed by atoms with E-state index < -0.39 is 23.9 Å². The van der Waals surface area contributed by atoms with E-state index in [2.05, 4.69) is 4.98 Å². The van der Waals surface area contributed by atoms with E-state index >= 15 is 0 Å². The minimum absolute atomic E-state index is 0.0813. The summed E-state index contributed by atoms with van der Waals surface area (Å²) < 4.78 is 49.0. The van der Waals surface area contributed by atoms with Gasteiger partial charge in [0.05, 0.1) is 7.11 Å². The number of benzene rings is 2. The molecular formula is C23H19F3N2O4. The van der Waals surface area contributed by atoms with E-state index in [1.54, 1.807) is 5.32 Å². The van der Waals surface area contributed by atoms with Crippen LogP contribution in [0.2, 0.25) is 0 Å². The van der Waals surface area contributed by atoms with Gasteiger partial charge in [0.2, 0.25) is 5.88 Å². The van der Waals surface area contributed by atoms with Crippen molar-refractivity contribution < 1.29 is 32.2 Å². The number of hydrogen-bond donors (Lipinski definition) is 1. The highest BCUT2D eigenvalue weighted by atomic mass is 19.4. The number of ketones is 1. The number of hydrogen-bond acceptors (Lipinski definition) is 5. The molecule has 1 aromatic heterocycles. The molecule has 1 heterocycles. The van der Waals surface area contributed by atoms with Gasteiger partial charge in [-0.05, 0) is 35.9 Å². The Morgan fingerprint density at radius 1 is 1.00 bits per heavy atom. The summed E-state index contributed by atoms with van der Waals surface area (Å²) in [5, 5.41) is 1.74. The Labute approximate surface area is 182 Å². The van der Waals surface area contributed by atoms with Crippen molar-refractivity contribution in [2.75, 3.05) is 7.11 Å². The van der Waals surface area contributed by atoms with E-state index in [9.17, 15) is 22.8 Å². The maximum atomic E-state index is 13.0. The van der Waals surface area contributed by atoms with E-state index in [4.69, 9.17) is 9.47 Å². The minimum atomic E-state index is -5.15. The second kappa shape index (κ2) is 9.95. The number of Topliss-reactive ketones (excluding diaryl/α,β-unsaturated/α-hetero) is 1. The second-order valence-electron chi connectivity index (χ2n) is 6.70. The molecule has 0 bridgehead atoms. The molecular weight excluding hydrogens is 425 g/mol. The number of pyridine rings is 1. The first-order valence-electron chi connectivity index (χ1n) is 9.46. The Morgan fingerprint density at radius 2 is 1.69 bits per heavy atom. The normalized spacial score (nSPS) is 12.0. The molecule has 1 atom stereocenters. The first-order valence-corrected chi connectivity index (χ1v) is 9.46. The SMILES string of the molecule is COc1ccc(C(NC(=O)C(F)(F)F)C(=O)c2ccc(OCc3ccccc3)cc2)cn1. The number of rotatable bonds is 8. The lowest BCUT2D eigenvalue weighted by atomic mass is 9.98. The molecule has 2 aromatic carbocycles. The molecule has 0 fully saturated rings. The third-order valence-corrected chi connectivity index (χ3v) is 4.48. The van der Waals surface area contributed by atoms with Gasteiger partial charge < -0.3 is 14.8 Å². The molecule has 0 aliphatic carbocycles. The monoisotopic (exact) mass is 444 g/mol. The number of carbonyl (C=O) groups excluding carboxylic acids is 2. The second-order valence-corrected chi connectivity index (χ2v) is 6.70. The van der Waals surface area contributed by atoms with Gasteiger partial charge in [-0.2, -0.15) is 13.2 Å². The average molecular weight is 444 g/mol. The van der Waals surface area contributed by atoms with Crippen molar-refractivity contribution >= 4 is 11.7 Å². The highest BCUT2D eigenvalue weighted by Crippen LogP contribution is 2.24. The summed E-state index contributed by atoms with van der Waals surface area (Å²) in [6.45, 7) is 0.315. The maximum absolute atomic E-state index is 13.0. The quantitative estimate of drug-likeness (QED) is 0.525. The Bertz CT molecular complexity index is 1050. The van der Waals surface area contributed by atoms with Crippen molar-refractivity contribution in [3.05, 3.63) is 89.6 Å². The maximum Gasteiger partial charge on any atom is 0.471 e. The molecule has 1 N–H and O–H groups in total. The predicted molar refractivity (Wildman–Crippen MR) is 109 cm³/mol. The van der Waals surface area contributed by atoms with Crippen LogP contribution in [0.25, 0.3) is 0 Å². The van der Waals surface area contributed by atoms with Crippen LogP contribution in [0.4, 0.5) is 13.2 Å². The van der Waals surface area contributed by atoms with E-state index in [-0.39, 0.29) is 17.0 Å². The Morgan fingerprint density at radius 3 is 2.25 bits per heavy atom. The highest BCUT2D eigenvalue weighted by molar-refractivity contribution is 6.03. The number of aromatic nitrogens is 1. The molecule has 0 aliphatic heterocycles. The summed E-state index contributed by atoms with van der Waals surface area (Å²) in [5.41, 5.74) is 1.13. The third-order valence-electron chi connectivity index (χ3n) is 4.48. The van der Waals surface area contributed by atoms with Crippen molar-refractivity contribution in [1.82, 2.24) is 10.3 Å². The predicted octanol–water partition coefficient (Wildman–Crippen LogP) is 4.27. The average Bonchev–Trinajstić information content (AvgIpc) is 2.81. The van der Waals surface area contributed by atoms with Crippen LogP contribution in [-0.4, -0.2) is 30.0 Å². The van der Waals surface area contributed by atoms with Gasteiger partial charge >= 0.3 is 12.1 Å². The molecule has 0 spiro atoms. The summed E-state index contributed by atoms with van der Waals surface area (Å²) in [7, 11) is 1.37. The van der Waals surface area contributed by atoms with Crippen molar-refractivity contribution in [1.29, 1.82) is 0 Å². The van der Waals surface area contributed by atoms with Crippen LogP contribution in [-0.2, 0) is 11.4 Å². The first kappa shape index (κ1) is 22.8. The molecule has 0 saturated carbocycles. The molecule has 3 rings (SSSR count). The van der Waals surface area contributed by atoms with Crippen LogP contribution in [0, 0.1) is 0 Å². The molecule has 0 radical (unpaired) electrons. The van der Waals surface area contributed by atoms with Crippen molar-refractivity contribution in [2.24, 2.45) is 0 Å². The van der Waals surface area contributed by atoms with Crippen molar-refractivity contribution in [3.8, 4) is 11.6 Å². The zero-order chi connectivity index (χ0) is 23.1. The molecule has 0 saturated heterocycles. The zero-order valence-electron chi connectivity index (χ0n) is 16.9. The van der Waals surface area contributed by atoms with Gasteiger partial charge in [-0.15, -0.1) is 0 Å². The number of nitrogens with one attached hydrogen (secondary N) is 1. The summed E-state index contributed by atoms with van der Waals surface area (Å²) in [6.07, 6.45) is -3.97. The lowest BCUT2D eigenvalue weighted by Gasteiger charge is -2.19. The van der Waals surface area contributed by atoms with Crippen molar-refractivity contribution in [2.45, 2.75) is 18.8 Å². The lowest BCUT2D eigenvalue weighted by molar-refractivity contribution is -0.174. The standard InChI is InChI=1S/C23H19F3N2O4/c1-31-19-12-9-17(13-27-19)20(28-22(30)23(24,25)26)21(29)16-7-10-18(11-8-16)32-14-15-5-3-2-4-6-15/h2-13,20H,14H2,1H3,(H,28,30). The van der Waals surface area contributed by atoms with E-state index in [1.165, 1.54) is 49.7 Å². The highest BCUT2D eigenvalue weighted by Gasteiger charge is 2.41. The molecule has 1 unspecified atom stereocenters. The summed E-state index contributed by atoms with van der Waals surface area (Å²) in [5.74, 6) is -2.27. The van der Waals surface area contributed by atoms with Gasteiger partial charge in [0, 0.05) is 23.4 Å². The number of amides is 1. The molecule has 166 valence electrons. The van der Waals surface area contributed by atoms with Gasteiger partial charge in [-0.3, -0.25) is 9.59 Å². The number of nitrogens with zero attached hydrogens (tertiary/aromatic N) is 1. The van der Waals surface area contributed by atoms with Crippen LogP contribution in [0.1, 0.15) is 27.5 Å². The van der Waals surface area contributed by atoms with Gasteiger partial charge in [0.1, 0.15) is 18.4 Å². The van der Waals surface area contributed by atoms with E-state index in [0.29, 0.717) is 12.4 Å². The van der Waals surface area contributed by atoms with Gasteiger partial charge in [-0.1, -0.05) is 30.3 Å². The molecule has 6 nitrogen and oxygen atoms in total. The van der Waals surface area contributed by atoms with E-state index in [1.807, 2.05) is 30.3 Å². The molecule has 3 aromatic rings. The number of ether oxygens (including phenoxy) is 2. The summed E-state index contributed by atoms with van der Waals surface area (Å²) in [4.78, 5) is 28.4. The first-order chi connectivity index (χ1) is 15.3. The van der Waals surface area contributed by atoms with Crippen LogP contribution in [0.3, 0.4) is 0 Å². The minimum Gasteiger partial charge on any atom is -0.489 e. The smallest absolute Gasteiger partial charge is 0.471 e. The molecule has 1 amide bonds. The number of carbonyl (C=O) groups is 2. The summed E-state index contributed by atoms with van der Waals surface area (Å²) in [6, 6.07) is 16.5. The van der Waals surface area contributed by atoms with Crippen LogP contribution >= 0.6 is 0 Å². The number of halogens is 3. The number of alkyl halides is 3. The Kier molecular flexibility index (Phi) is 7.09. The van der Waals surface area contributed by atoms with Gasteiger partial charge in [0.25, 0.3) is 0 Å².